The van der Waals surface area contributed by atoms with Crippen LogP contribution in [0.3, 0.4) is 0 Å². The van der Waals surface area contributed by atoms with Crippen LogP contribution in [0.2, 0.25) is 0 Å². The Morgan fingerprint density at radius 2 is 1.81 bits per heavy atom. The molecule has 9 nitrogen and oxygen atoms in total. The Bertz CT molecular complexity index is 1020. The normalized spacial score (nSPS) is 24.4. The summed E-state index contributed by atoms with van der Waals surface area (Å²) < 4.78 is 25.2. The minimum Gasteiger partial charge on any atom is -0.443 e. The fourth-order valence-corrected chi connectivity index (χ4v) is 4.35. The fraction of sp³-hybridized carbons (Fsp3) is 0.630. The van der Waals surface area contributed by atoms with E-state index in [2.05, 4.69) is 10.2 Å². The first kappa shape index (κ1) is 29.2. The molecule has 3 rings (SSSR count). The summed E-state index contributed by atoms with van der Waals surface area (Å²) in [4.78, 5) is 12.3. The van der Waals surface area contributed by atoms with E-state index in [4.69, 9.17) is 9.47 Å². The fourth-order valence-electron chi connectivity index (χ4n) is 4.35. The van der Waals surface area contributed by atoms with Gasteiger partial charge >= 0.3 is 0 Å². The first-order valence-corrected chi connectivity index (χ1v) is 12.7. The van der Waals surface area contributed by atoms with Gasteiger partial charge in [-0.05, 0) is 28.9 Å². The number of H-pyrrole nitrogens is 1. The van der Waals surface area contributed by atoms with Gasteiger partial charge in [0.25, 0.3) is 0 Å². The molecular formula is C27H39FN2O7. The van der Waals surface area contributed by atoms with Crippen molar-refractivity contribution < 1.29 is 39.1 Å². The van der Waals surface area contributed by atoms with Crippen molar-refractivity contribution in [3.63, 3.8) is 0 Å². The number of hydrogen-bond acceptors (Lipinski definition) is 8. The number of alkyl halides is 1. The van der Waals surface area contributed by atoms with Gasteiger partial charge < -0.3 is 29.9 Å². The number of Topliss-reactive ketones (excluding diaryl/α,β-unsaturated/α-hetero) is 1. The number of aromatic nitrogens is 2. The molecule has 0 bridgehead atoms. The van der Waals surface area contributed by atoms with E-state index in [1.165, 1.54) is 0 Å². The van der Waals surface area contributed by atoms with Crippen molar-refractivity contribution in [3.05, 3.63) is 46.6 Å². The SMILES string of the molecule is CC(C)c1[nH]nc(OC2OC(CO)C(F)C(O)C2O)c1Cc1ccc(CCC(=O)CC(C)(C)CO)cc1. The number of hydrogen-bond donors (Lipinski definition) is 5. The lowest BCUT2D eigenvalue weighted by atomic mass is 9.87. The molecule has 0 spiro atoms. The van der Waals surface area contributed by atoms with Gasteiger partial charge in [-0.3, -0.25) is 9.89 Å². The zero-order valence-corrected chi connectivity index (χ0v) is 21.9. The number of aliphatic hydroxyl groups excluding tert-OH is 4. The van der Waals surface area contributed by atoms with Crippen LogP contribution in [-0.2, 0) is 22.4 Å². The molecule has 0 amide bonds. The number of aryl methyl sites for hydroxylation is 1. The van der Waals surface area contributed by atoms with Crippen molar-refractivity contribution in [2.45, 2.75) is 90.1 Å². The zero-order valence-electron chi connectivity index (χ0n) is 21.9. The van der Waals surface area contributed by atoms with Crippen molar-refractivity contribution in [3.8, 4) is 5.88 Å². The van der Waals surface area contributed by atoms with E-state index in [9.17, 15) is 29.6 Å². The van der Waals surface area contributed by atoms with Crippen molar-refractivity contribution in [2.75, 3.05) is 13.2 Å². The average Bonchev–Trinajstić information content (AvgIpc) is 3.25. The van der Waals surface area contributed by atoms with Crippen LogP contribution in [0.1, 0.15) is 68.8 Å². The van der Waals surface area contributed by atoms with Crippen LogP contribution in [0.15, 0.2) is 24.3 Å². The first-order chi connectivity index (χ1) is 17.5. The highest BCUT2D eigenvalue weighted by Gasteiger charge is 2.46. The molecule has 1 aromatic heterocycles. The molecule has 10 heteroatoms. The standard InChI is InChI=1S/C27H39FN2O7/c1-15(2)22-19(25(30-29-22)37-26-24(35)23(34)21(28)20(13-31)36-26)11-17-7-5-16(6-8-17)9-10-18(33)12-27(3,4)14-32/h5-8,15,20-21,23-24,26,31-32,34-35H,9-14H2,1-4H3,(H,29,30). The molecule has 1 fully saturated rings. The van der Waals surface area contributed by atoms with Crippen molar-refractivity contribution in [2.24, 2.45) is 5.41 Å². The van der Waals surface area contributed by atoms with E-state index in [1.54, 1.807) is 0 Å². The summed E-state index contributed by atoms with van der Waals surface area (Å²) in [5.74, 6) is 0.358. The maximum Gasteiger partial charge on any atom is 0.238 e. The quantitative estimate of drug-likeness (QED) is 0.285. The molecular weight excluding hydrogens is 483 g/mol. The molecule has 206 valence electrons. The van der Waals surface area contributed by atoms with Crippen LogP contribution in [0.25, 0.3) is 0 Å². The number of nitrogens with one attached hydrogen (secondary N) is 1. The van der Waals surface area contributed by atoms with Crippen LogP contribution in [0, 0.1) is 5.41 Å². The van der Waals surface area contributed by atoms with Gasteiger partial charge in [0.2, 0.25) is 12.2 Å². The first-order valence-electron chi connectivity index (χ1n) is 12.7. The Kier molecular flexibility index (Phi) is 9.82. The Balaban J connectivity index is 1.70. The second-order valence-electron chi connectivity index (χ2n) is 10.9. The molecule has 2 heterocycles. The highest BCUT2D eigenvalue weighted by molar-refractivity contribution is 5.79. The summed E-state index contributed by atoms with van der Waals surface area (Å²) in [6.07, 6.45) is -6.30. The monoisotopic (exact) mass is 522 g/mol. The van der Waals surface area contributed by atoms with Gasteiger partial charge in [-0.1, -0.05) is 52.0 Å². The van der Waals surface area contributed by atoms with Crippen molar-refractivity contribution in [1.29, 1.82) is 0 Å². The smallest absolute Gasteiger partial charge is 0.238 e. The molecule has 0 aliphatic carbocycles. The molecule has 37 heavy (non-hydrogen) atoms. The van der Waals surface area contributed by atoms with Gasteiger partial charge in [0.15, 0.2) is 6.17 Å². The summed E-state index contributed by atoms with van der Waals surface area (Å²) >= 11 is 0. The van der Waals surface area contributed by atoms with Crippen molar-refractivity contribution >= 4 is 5.78 Å². The second kappa shape index (κ2) is 12.4. The van der Waals surface area contributed by atoms with Crippen LogP contribution in [0.4, 0.5) is 4.39 Å². The summed E-state index contributed by atoms with van der Waals surface area (Å²) in [6, 6.07) is 7.85. The number of ketones is 1. The minimum atomic E-state index is -1.94. The second-order valence-corrected chi connectivity index (χ2v) is 10.9. The number of halogens is 1. The number of carbonyl (C=O) groups excluding carboxylic acids is 1. The summed E-state index contributed by atoms with van der Waals surface area (Å²) in [6.45, 7) is 7.01. The lowest BCUT2D eigenvalue weighted by Crippen LogP contribution is -2.58. The van der Waals surface area contributed by atoms with E-state index in [0.29, 0.717) is 25.7 Å². The number of ether oxygens (including phenoxy) is 2. The molecule has 1 saturated heterocycles. The third-order valence-electron chi connectivity index (χ3n) is 6.67. The van der Waals surface area contributed by atoms with Crippen LogP contribution < -0.4 is 4.74 Å². The van der Waals surface area contributed by atoms with E-state index in [1.807, 2.05) is 52.0 Å². The zero-order chi connectivity index (χ0) is 27.3. The summed E-state index contributed by atoms with van der Waals surface area (Å²) in [5, 5.41) is 46.2. The molecule has 1 aliphatic rings. The third-order valence-corrected chi connectivity index (χ3v) is 6.67. The van der Waals surface area contributed by atoms with Gasteiger partial charge in [-0.2, -0.15) is 0 Å². The van der Waals surface area contributed by atoms with Gasteiger partial charge in [-0.25, -0.2) is 4.39 Å². The number of nitrogens with zero attached hydrogens (tertiary/aromatic N) is 1. The lowest BCUT2D eigenvalue weighted by Gasteiger charge is -2.38. The largest absolute Gasteiger partial charge is 0.443 e. The number of rotatable bonds is 12. The average molecular weight is 523 g/mol. The number of aliphatic hydroxyl groups is 4. The third kappa shape index (κ3) is 7.36. The molecule has 2 aromatic rings. The van der Waals surface area contributed by atoms with Gasteiger partial charge in [0, 0.05) is 37.1 Å². The molecule has 5 unspecified atom stereocenters. The minimum absolute atomic E-state index is 0.0314. The lowest BCUT2D eigenvalue weighted by molar-refractivity contribution is -0.265. The highest BCUT2D eigenvalue weighted by atomic mass is 19.1. The van der Waals surface area contributed by atoms with Crippen LogP contribution in [-0.4, -0.2) is 80.4 Å². The summed E-state index contributed by atoms with van der Waals surface area (Å²) in [7, 11) is 0. The predicted octanol–water partition coefficient (Wildman–Crippen LogP) is 2.19. The molecule has 5 atom stereocenters. The van der Waals surface area contributed by atoms with Gasteiger partial charge in [0.05, 0.1) is 6.61 Å². The Labute approximate surface area is 216 Å². The van der Waals surface area contributed by atoms with Crippen LogP contribution >= 0.6 is 0 Å². The number of carbonyl (C=O) groups is 1. The molecule has 1 aromatic carbocycles. The van der Waals surface area contributed by atoms with E-state index in [0.717, 1.165) is 22.4 Å². The number of aromatic amines is 1. The predicted molar refractivity (Wildman–Crippen MR) is 134 cm³/mol. The van der Waals surface area contributed by atoms with E-state index >= 15 is 0 Å². The maximum absolute atomic E-state index is 14.1. The van der Waals surface area contributed by atoms with Crippen LogP contribution in [0.5, 0.6) is 5.88 Å². The molecule has 5 N–H and O–H groups in total. The maximum atomic E-state index is 14.1. The van der Waals surface area contributed by atoms with Gasteiger partial charge in [-0.15, -0.1) is 5.10 Å². The molecule has 0 saturated carbocycles. The van der Waals surface area contributed by atoms with E-state index < -0.39 is 42.8 Å². The molecule has 0 radical (unpaired) electrons. The van der Waals surface area contributed by atoms with Gasteiger partial charge in [0.1, 0.15) is 24.1 Å². The van der Waals surface area contributed by atoms with E-state index in [-0.39, 0.29) is 24.2 Å². The Hall–Kier alpha value is -2.37. The van der Waals surface area contributed by atoms with Crippen molar-refractivity contribution in [1.82, 2.24) is 10.2 Å². The molecule has 1 aliphatic heterocycles. The highest BCUT2D eigenvalue weighted by Crippen LogP contribution is 2.31. The summed E-state index contributed by atoms with van der Waals surface area (Å²) in [5.41, 5.74) is 3.13. The topological polar surface area (TPSA) is 145 Å². The Morgan fingerprint density at radius 3 is 2.41 bits per heavy atom. The Morgan fingerprint density at radius 1 is 1.16 bits per heavy atom. The number of benzene rings is 1.